The van der Waals surface area contributed by atoms with Crippen molar-refractivity contribution >= 4 is 33.8 Å². The van der Waals surface area contributed by atoms with E-state index in [0.29, 0.717) is 28.2 Å². The van der Waals surface area contributed by atoms with Gasteiger partial charge in [0.15, 0.2) is 5.76 Å². The Morgan fingerprint density at radius 1 is 1.03 bits per heavy atom. The number of fused-ring (bicyclic) bond motifs is 1. The van der Waals surface area contributed by atoms with Crippen LogP contribution in [0.4, 0.5) is 0 Å². The highest BCUT2D eigenvalue weighted by atomic mass is 79.9. The Hall–Kier alpha value is -3.18. The minimum Gasteiger partial charge on any atom is -0.452 e. The molecule has 4 nitrogen and oxygen atoms in total. The Morgan fingerprint density at radius 3 is 2.41 bits per heavy atom. The van der Waals surface area contributed by atoms with Gasteiger partial charge in [0.25, 0.3) is 0 Å². The zero-order valence-corrected chi connectivity index (χ0v) is 19.9. The Bertz CT molecular complexity index is 1250. The van der Waals surface area contributed by atoms with Crippen molar-refractivity contribution in [2.24, 2.45) is 0 Å². The smallest absolute Gasteiger partial charge is 0.343 e. The molecule has 0 aliphatic carbocycles. The summed E-state index contributed by atoms with van der Waals surface area (Å²) in [7, 11) is 0. The van der Waals surface area contributed by atoms with Gasteiger partial charge in [-0.25, -0.2) is 4.79 Å². The quantitative estimate of drug-likeness (QED) is 0.228. The van der Waals surface area contributed by atoms with Gasteiger partial charge in [0.2, 0.25) is 5.78 Å². The number of halogens is 1. The van der Waals surface area contributed by atoms with Crippen LogP contribution in [-0.4, -0.2) is 11.8 Å². The Morgan fingerprint density at radius 2 is 1.75 bits per heavy atom. The van der Waals surface area contributed by atoms with Crippen molar-refractivity contribution in [1.82, 2.24) is 0 Å². The van der Waals surface area contributed by atoms with E-state index in [1.54, 1.807) is 37.3 Å². The monoisotopic (exact) mass is 490 g/mol. The van der Waals surface area contributed by atoms with Gasteiger partial charge >= 0.3 is 5.97 Å². The molecule has 1 aliphatic heterocycles. The Balaban J connectivity index is 1.56. The second-order valence-electron chi connectivity index (χ2n) is 8.82. The van der Waals surface area contributed by atoms with Gasteiger partial charge in [0.05, 0.1) is 11.1 Å². The number of hydrogen-bond acceptors (Lipinski definition) is 4. The molecule has 0 amide bonds. The molecule has 0 N–H and O–H groups in total. The number of allylic oxidation sites excluding steroid dienone is 1. The fraction of sp³-hybridized carbons (Fsp3) is 0.185. The first kappa shape index (κ1) is 22.0. The largest absolute Gasteiger partial charge is 0.452 e. The van der Waals surface area contributed by atoms with E-state index in [-0.39, 0.29) is 17.0 Å². The highest BCUT2D eigenvalue weighted by molar-refractivity contribution is 9.10. The summed E-state index contributed by atoms with van der Waals surface area (Å²) >= 11 is 3.43. The molecule has 0 atom stereocenters. The maximum atomic E-state index is 12.9. The van der Waals surface area contributed by atoms with Gasteiger partial charge in [-0.3, -0.25) is 4.79 Å². The van der Waals surface area contributed by atoms with E-state index >= 15 is 0 Å². The molecule has 4 rings (SSSR count). The summed E-state index contributed by atoms with van der Waals surface area (Å²) in [4.78, 5) is 25.5. The number of esters is 1. The van der Waals surface area contributed by atoms with Crippen LogP contribution in [0.2, 0.25) is 0 Å². The molecular formula is C27H23BrO4. The third kappa shape index (κ3) is 4.53. The van der Waals surface area contributed by atoms with Crippen LogP contribution >= 0.6 is 15.9 Å². The third-order valence-electron chi connectivity index (χ3n) is 5.29. The van der Waals surface area contributed by atoms with Crippen molar-refractivity contribution in [3.63, 3.8) is 0 Å². The van der Waals surface area contributed by atoms with Crippen LogP contribution in [0.15, 0.2) is 70.9 Å². The van der Waals surface area contributed by atoms with Crippen molar-refractivity contribution in [1.29, 1.82) is 0 Å². The van der Waals surface area contributed by atoms with Gasteiger partial charge in [-0.1, -0.05) is 61.0 Å². The lowest BCUT2D eigenvalue weighted by Gasteiger charge is -2.18. The van der Waals surface area contributed by atoms with Gasteiger partial charge < -0.3 is 9.47 Å². The van der Waals surface area contributed by atoms with Crippen LogP contribution in [0.3, 0.4) is 0 Å². The van der Waals surface area contributed by atoms with E-state index in [1.165, 1.54) is 0 Å². The number of Topliss-reactive ketones (excluding diaryl/α,β-unsaturated/α-hetero) is 1. The first-order valence-corrected chi connectivity index (χ1v) is 11.1. The van der Waals surface area contributed by atoms with Gasteiger partial charge in [-0.05, 0) is 65.4 Å². The van der Waals surface area contributed by atoms with Crippen molar-refractivity contribution in [2.45, 2.75) is 33.1 Å². The van der Waals surface area contributed by atoms with Crippen molar-refractivity contribution in [2.75, 3.05) is 0 Å². The fourth-order valence-electron chi connectivity index (χ4n) is 3.56. The van der Waals surface area contributed by atoms with Crippen molar-refractivity contribution in [3.05, 3.63) is 98.7 Å². The number of aryl methyl sites for hydroxylation is 1. The van der Waals surface area contributed by atoms with Gasteiger partial charge in [-0.2, -0.15) is 0 Å². The zero-order valence-electron chi connectivity index (χ0n) is 18.4. The van der Waals surface area contributed by atoms with Crippen LogP contribution in [0.1, 0.15) is 58.2 Å². The summed E-state index contributed by atoms with van der Waals surface area (Å²) in [6.07, 6.45) is 1.70. The highest BCUT2D eigenvalue weighted by Crippen LogP contribution is 2.38. The Labute approximate surface area is 196 Å². The predicted molar refractivity (Wildman–Crippen MR) is 128 cm³/mol. The minimum absolute atomic E-state index is 0.00443. The molecule has 32 heavy (non-hydrogen) atoms. The van der Waals surface area contributed by atoms with E-state index in [9.17, 15) is 9.59 Å². The normalized spacial score (nSPS) is 14.3. The second kappa shape index (κ2) is 8.40. The molecule has 0 unspecified atom stereocenters. The number of rotatable bonds is 3. The summed E-state index contributed by atoms with van der Waals surface area (Å²) in [6, 6.07) is 18.3. The van der Waals surface area contributed by atoms with Gasteiger partial charge in [0.1, 0.15) is 11.5 Å². The molecule has 0 bridgehead atoms. The molecule has 0 fully saturated rings. The highest BCUT2D eigenvalue weighted by Gasteiger charge is 2.30. The van der Waals surface area contributed by atoms with Crippen LogP contribution < -0.4 is 9.47 Å². The number of carbonyl (C=O) groups is 2. The van der Waals surface area contributed by atoms with Crippen LogP contribution in [-0.2, 0) is 5.41 Å². The first-order chi connectivity index (χ1) is 15.1. The molecule has 3 aromatic rings. The molecule has 1 heterocycles. The van der Waals surface area contributed by atoms with E-state index in [1.807, 2.05) is 36.4 Å². The maximum absolute atomic E-state index is 12.9. The molecule has 0 aromatic heterocycles. The molecule has 162 valence electrons. The third-order valence-corrected chi connectivity index (χ3v) is 5.78. The molecule has 0 saturated carbocycles. The summed E-state index contributed by atoms with van der Waals surface area (Å²) < 4.78 is 12.3. The number of benzene rings is 3. The minimum atomic E-state index is -0.459. The number of carbonyl (C=O) groups excluding carboxylic acids is 2. The predicted octanol–water partition coefficient (Wildman–Crippen LogP) is 6.89. The van der Waals surface area contributed by atoms with E-state index in [4.69, 9.17) is 9.47 Å². The zero-order chi connectivity index (χ0) is 23.0. The van der Waals surface area contributed by atoms with Crippen LogP contribution in [0.25, 0.3) is 6.08 Å². The van der Waals surface area contributed by atoms with Gasteiger partial charge in [-0.15, -0.1) is 0 Å². The summed E-state index contributed by atoms with van der Waals surface area (Å²) in [5.74, 6) is 0.319. The number of hydrogen-bond donors (Lipinski definition) is 0. The van der Waals surface area contributed by atoms with Crippen molar-refractivity contribution in [3.8, 4) is 11.5 Å². The van der Waals surface area contributed by atoms with Crippen LogP contribution in [0.5, 0.6) is 11.5 Å². The van der Waals surface area contributed by atoms with Crippen LogP contribution in [0, 0.1) is 6.92 Å². The maximum Gasteiger partial charge on any atom is 0.343 e. The lowest BCUT2D eigenvalue weighted by Crippen LogP contribution is -2.13. The summed E-state index contributed by atoms with van der Waals surface area (Å²) in [6.45, 7) is 8.16. The molecule has 0 saturated heterocycles. The molecule has 0 spiro atoms. The SMILES string of the molecule is Cc1cc(OC(=O)c2ccc(C(C)(C)C)cc2)cc2c1C(=O)/C(=C/c1cccc(Br)c1)O2. The molecule has 1 aliphatic rings. The second-order valence-corrected chi connectivity index (χ2v) is 9.74. The van der Waals surface area contributed by atoms with E-state index < -0.39 is 5.97 Å². The average molecular weight is 491 g/mol. The number of ketones is 1. The topological polar surface area (TPSA) is 52.6 Å². The van der Waals surface area contributed by atoms with E-state index in [2.05, 4.69) is 36.7 Å². The molecule has 0 radical (unpaired) electrons. The standard InChI is InChI=1S/C27H23BrO4/c1-16-12-21(31-26(30)18-8-10-19(11-9-18)27(2,3)4)15-22-24(16)25(29)23(32-22)14-17-6-5-7-20(28)13-17/h5-15H,1-4H3/b23-14-. The summed E-state index contributed by atoms with van der Waals surface area (Å²) in [5.41, 5.74) is 3.63. The van der Waals surface area contributed by atoms with Crippen molar-refractivity contribution < 1.29 is 19.1 Å². The lowest BCUT2D eigenvalue weighted by molar-refractivity contribution is 0.0734. The summed E-state index contributed by atoms with van der Waals surface area (Å²) in [5, 5.41) is 0. The molecule has 5 heteroatoms. The fourth-order valence-corrected chi connectivity index (χ4v) is 3.97. The van der Waals surface area contributed by atoms with E-state index in [0.717, 1.165) is 15.6 Å². The van der Waals surface area contributed by atoms with Gasteiger partial charge in [0, 0.05) is 10.5 Å². The first-order valence-electron chi connectivity index (χ1n) is 10.3. The molecular weight excluding hydrogens is 468 g/mol. The molecule has 3 aromatic carbocycles. The average Bonchev–Trinajstić information content (AvgIpc) is 3.03. The Kier molecular flexibility index (Phi) is 5.78. The number of ether oxygens (including phenoxy) is 2. The lowest BCUT2D eigenvalue weighted by atomic mass is 9.87.